The van der Waals surface area contributed by atoms with Gasteiger partial charge in [0.1, 0.15) is 0 Å². The van der Waals surface area contributed by atoms with E-state index in [0.717, 1.165) is 25.2 Å². The van der Waals surface area contributed by atoms with Gasteiger partial charge in [-0.2, -0.15) is 0 Å². The van der Waals surface area contributed by atoms with Crippen molar-refractivity contribution in [2.24, 2.45) is 46.3 Å². The fourth-order valence-electron chi connectivity index (χ4n) is 10.3. The first kappa shape index (κ1) is 26.0. The van der Waals surface area contributed by atoms with Gasteiger partial charge in [-0.3, -0.25) is 0 Å². The molecule has 33 heavy (non-hydrogen) atoms. The lowest BCUT2D eigenvalue weighted by molar-refractivity contribution is -0.910. The molecule has 4 rings (SSSR count). The maximum Gasteiger partial charge on any atom is 0.0787 e. The van der Waals surface area contributed by atoms with Gasteiger partial charge in [-0.15, -0.1) is 0 Å². The molecule has 0 aromatic rings. The fourth-order valence-corrected chi connectivity index (χ4v) is 10.3. The Morgan fingerprint density at radius 3 is 2.24 bits per heavy atom. The molecule has 0 radical (unpaired) electrons. The number of aliphatic hydroxyl groups excluding tert-OH is 2. The van der Waals surface area contributed by atoms with Gasteiger partial charge in [0.15, 0.2) is 0 Å². The van der Waals surface area contributed by atoms with Crippen molar-refractivity contribution in [2.75, 3.05) is 26.7 Å². The number of nitrogens with zero attached hydrogens (tertiary/aromatic N) is 1. The average Bonchev–Trinajstić information content (AvgIpc) is 3.13. The summed E-state index contributed by atoms with van der Waals surface area (Å²) in [5, 5.41) is 22.1. The highest BCUT2D eigenvalue weighted by molar-refractivity contribution is 5.12. The number of rotatable bonds is 8. The summed E-state index contributed by atoms with van der Waals surface area (Å²) in [7, 11) is 2.47. The molecule has 4 aliphatic rings. The van der Waals surface area contributed by atoms with Crippen LogP contribution in [0.1, 0.15) is 105 Å². The van der Waals surface area contributed by atoms with E-state index < -0.39 is 0 Å². The van der Waals surface area contributed by atoms with Crippen molar-refractivity contribution in [1.29, 1.82) is 0 Å². The Balaban J connectivity index is 1.48. The molecule has 3 heteroatoms. The molecular weight excluding hydrogens is 406 g/mol. The van der Waals surface area contributed by atoms with Crippen LogP contribution in [0.4, 0.5) is 0 Å². The first-order valence-corrected chi connectivity index (χ1v) is 14.8. The maximum absolute atomic E-state index is 11.8. The highest BCUT2D eigenvalue weighted by Crippen LogP contribution is 2.68. The van der Waals surface area contributed by atoms with Gasteiger partial charge in [-0.1, -0.05) is 34.6 Å². The van der Waals surface area contributed by atoms with E-state index in [1.165, 1.54) is 75.5 Å². The van der Waals surface area contributed by atoms with Gasteiger partial charge >= 0.3 is 0 Å². The second-order valence-electron chi connectivity index (χ2n) is 13.9. The lowest BCUT2D eigenvalue weighted by Crippen LogP contribution is -2.59. The highest BCUT2D eigenvalue weighted by Gasteiger charge is 2.63. The van der Waals surface area contributed by atoms with E-state index in [0.29, 0.717) is 35.0 Å². The van der Waals surface area contributed by atoms with Crippen molar-refractivity contribution in [3.8, 4) is 0 Å². The van der Waals surface area contributed by atoms with Crippen LogP contribution in [0.5, 0.6) is 0 Å². The third-order valence-electron chi connectivity index (χ3n) is 12.2. The van der Waals surface area contributed by atoms with Crippen LogP contribution in [0.15, 0.2) is 0 Å². The molecular formula is C30H56NO2+. The zero-order valence-corrected chi connectivity index (χ0v) is 22.9. The number of hydrogen-bond acceptors (Lipinski definition) is 2. The molecule has 0 aliphatic heterocycles. The molecule has 0 heterocycles. The normalized spacial score (nSPS) is 46.4. The van der Waals surface area contributed by atoms with E-state index in [9.17, 15) is 10.2 Å². The van der Waals surface area contributed by atoms with Crippen LogP contribution in [0.25, 0.3) is 0 Å². The Morgan fingerprint density at radius 2 is 1.58 bits per heavy atom. The van der Waals surface area contributed by atoms with Gasteiger partial charge in [-0.05, 0) is 117 Å². The van der Waals surface area contributed by atoms with Crippen LogP contribution in [0.3, 0.4) is 0 Å². The summed E-state index contributed by atoms with van der Waals surface area (Å²) < 4.78 is 1.23. The van der Waals surface area contributed by atoms with E-state index in [1.54, 1.807) is 0 Å². The van der Waals surface area contributed by atoms with E-state index >= 15 is 0 Å². The monoisotopic (exact) mass is 462 g/mol. The van der Waals surface area contributed by atoms with Gasteiger partial charge in [0.25, 0.3) is 0 Å². The molecule has 0 aromatic heterocycles. The molecule has 0 saturated heterocycles. The molecule has 0 aromatic carbocycles. The zero-order chi connectivity index (χ0) is 24.0. The molecule has 2 N–H and O–H groups in total. The van der Waals surface area contributed by atoms with Gasteiger partial charge in [0.2, 0.25) is 0 Å². The predicted octanol–water partition coefficient (Wildman–Crippen LogP) is 6.27. The van der Waals surface area contributed by atoms with E-state index in [1.807, 2.05) is 0 Å². The minimum Gasteiger partial charge on any atom is -0.393 e. The lowest BCUT2D eigenvalue weighted by atomic mass is 9.43. The standard InChI is InChI=1S/C30H56NO2/c1-7-16-31(6,17-8-2)18-14-21(3)25-11-12-26-24-10-9-22-19-23(32)13-15-29(22,4)27(24)20-28(33)30(25,26)5/h21-28,32-33H,7-20H2,1-6H3/q+1/t21-,22-,23-,24+,25-,26+,27+,28+,29+,30-/m1/s1. The summed E-state index contributed by atoms with van der Waals surface area (Å²) in [6.45, 7) is 16.1. The van der Waals surface area contributed by atoms with Crippen LogP contribution < -0.4 is 0 Å². The second kappa shape index (κ2) is 9.74. The number of fused-ring (bicyclic) bond motifs is 5. The molecule has 0 amide bonds. The Hall–Kier alpha value is -0.120. The average molecular weight is 463 g/mol. The number of quaternary nitrogens is 1. The quantitative estimate of drug-likeness (QED) is 0.417. The Bertz CT molecular complexity index is 660. The number of aliphatic hydroxyl groups is 2. The Kier molecular flexibility index (Phi) is 7.66. The van der Waals surface area contributed by atoms with E-state index in [2.05, 4.69) is 41.7 Å². The Morgan fingerprint density at radius 1 is 0.879 bits per heavy atom. The molecule has 3 nitrogen and oxygen atoms in total. The van der Waals surface area contributed by atoms with E-state index in [-0.39, 0.29) is 17.6 Å². The SMILES string of the molecule is CCC[N+](C)(CCC)CC[C@@H](C)[C@H]1CC[C@H]2[C@@H]3CC[C@@H]4C[C@H](O)CC[C@]4(C)[C@H]3C[C@H](O)[C@]12C. The van der Waals surface area contributed by atoms with Crippen LogP contribution in [-0.2, 0) is 0 Å². The fraction of sp³-hybridized carbons (Fsp3) is 1.00. The van der Waals surface area contributed by atoms with Crippen molar-refractivity contribution in [3.63, 3.8) is 0 Å². The molecule has 4 saturated carbocycles. The molecule has 10 atom stereocenters. The van der Waals surface area contributed by atoms with E-state index in [4.69, 9.17) is 0 Å². The summed E-state index contributed by atoms with van der Waals surface area (Å²) in [6, 6.07) is 0. The first-order valence-electron chi connectivity index (χ1n) is 14.8. The van der Waals surface area contributed by atoms with Crippen molar-refractivity contribution in [2.45, 2.75) is 117 Å². The smallest absolute Gasteiger partial charge is 0.0787 e. The third-order valence-corrected chi connectivity index (χ3v) is 12.2. The molecule has 0 spiro atoms. The minimum atomic E-state index is -0.145. The van der Waals surface area contributed by atoms with Gasteiger partial charge in [-0.25, -0.2) is 0 Å². The second-order valence-corrected chi connectivity index (χ2v) is 13.9. The van der Waals surface area contributed by atoms with Crippen LogP contribution >= 0.6 is 0 Å². The van der Waals surface area contributed by atoms with Crippen molar-refractivity contribution in [1.82, 2.24) is 0 Å². The summed E-state index contributed by atoms with van der Waals surface area (Å²) >= 11 is 0. The maximum atomic E-state index is 11.8. The predicted molar refractivity (Wildman–Crippen MR) is 138 cm³/mol. The molecule has 0 unspecified atom stereocenters. The van der Waals surface area contributed by atoms with Gasteiger partial charge in [0.05, 0.1) is 38.9 Å². The Labute approximate surface area is 205 Å². The van der Waals surface area contributed by atoms with Crippen LogP contribution in [0, 0.1) is 46.3 Å². The van der Waals surface area contributed by atoms with Gasteiger partial charge < -0.3 is 14.7 Å². The van der Waals surface area contributed by atoms with Crippen molar-refractivity contribution < 1.29 is 14.7 Å². The summed E-state index contributed by atoms with van der Waals surface area (Å²) in [6.07, 6.45) is 13.1. The molecule has 4 fully saturated rings. The summed E-state index contributed by atoms with van der Waals surface area (Å²) in [5.74, 6) is 4.22. The van der Waals surface area contributed by atoms with Crippen molar-refractivity contribution in [3.05, 3.63) is 0 Å². The zero-order valence-electron chi connectivity index (χ0n) is 22.9. The molecule has 4 aliphatic carbocycles. The number of hydrogen-bond donors (Lipinski definition) is 2. The first-order chi connectivity index (χ1) is 15.6. The van der Waals surface area contributed by atoms with Gasteiger partial charge in [0, 0.05) is 0 Å². The largest absolute Gasteiger partial charge is 0.393 e. The van der Waals surface area contributed by atoms with Crippen molar-refractivity contribution >= 4 is 0 Å². The lowest BCUT2D eigenvalue weighted by Gasteiger charge is -2.62. The van der Waals surface area contributed by atoms with Crippen LogP contribution in [-0.4, -0.2) is 53.6 Å². The highest BCUT2D eigenvalue weighted by atomic mass is 16.3. The summed E-state index contributed by atoms with van der Waals surface area (Å²) in [4.78, 5) is 0. The third kappa shape index (κ3) is 4.46. The molecule has 0 bridgehead atoms. The topological polar surface area (TPSA) is 40.5 Å². The minimum absolute atomic E-state index is 0.0837. The van der Waals surface area contributed by atoms with Crippen LogP contribution in [0.2, 0.25) is 0 Å². The molecule has 192 valence electrons. The summed E-state index contributed by atoms with van der Waals surface area (Å²) in [5.41, 5.74) is 0.449.